The highest BCUT2D eigenvalue weighted by atomic mass is 16.7. The largest absolute Gasteiger partial charge is 0.478 e. The lowest BCUT2D eigenvalue weighted by molar-refractivity contribution is -0.171. The second kappa shape index (κ2) is 14.0. The predicted molar refractivity (Wildman–Crippen MR) is 135 cm³/mol. The van der Waals surface area contributed by atoms with Gasteiger partial charge < -0.3 is 28.8 Å². The van der Waals surface area contributed by atoms with Crippen LogP contribution in [0.25, 0.3) is 0 Å². The molecule has 0 amide bonds. The second-order valence-corrected chi connectivity index (χ2v) is 11.0. The highest BCUT2D eigenvalue weighted by Crippen LogP contribution is 2.36. The first-order valence-electron chi connectivity index (χ1n) is 13.0. The molecule has 0 bridgehead atoms. The SMILES string of the molecule is C/C(=C\CCOC(=O)C(C)(C)C)CC[C@@H](C(C)C)[C@@H](O)c1oc(COC2CCCCO2)cc1C(=O)O. The van der Waals surface area contributed by atoms with E-state index in [-0.39, 0.29) is 42.0 Å². The summed E-state index contributed by atoms with van der Waals surface area (Å²) in [5.41, 5.74) is 0.568. The van der Waals surface area contributed by atoms with Gasteiger partial charge in [0.05, 0.1) is 12.0 Å². The Hall–Kier alpha value is -2.16. The van der Waals surface area contributed by atoms with Gasteiger partial charge >= 0.3 is 11.9 Å². The molecule has 8 nitrogen and oxygen atoms in total. The lowest BCUT2D eigenvalue weighted by Gasteiger charge is -2.26. The van der Waals surface area contributed by atoms with E-state index in [0.717, 1.165) is 31.3 Å². The standard InChI is InChI=1S/C28H44O8/c1-18(2)21(13-12-19(3)10-9-15-34-27(32)28(4,5)6)24(29)25-22(26(30)31)16-20(36-25)17-35-23-11-7-8-14-33-23/h10,16,18,21,23-24,29H,7-9,11-15,17H2,1-6H3,(H,30,31)/b19-10+/t21-,23?,24+/m0/s1. The van der Waals surface area contributed by atoms with E-state index in [1.807, 2.05) is 47.6 Å². The number of carbonyl (C=O) groups is 2. The third kappa shape index (κ3) is 9.37. The molecule has 1 saturated heterocycles. The molecular weight excluding hydrogens is 464 g/mol. The average molecular weight is 509 g/mol. The van der Waals surface area contributed by atoms with Crippen LogP contribution in [0.2, 0.25) is 0 Å². The Kier molecular flexibility index (Phi) is 11.7. The fourth-order valence-corrected chi connectivity index (χ4v) is 4.15. The molecule has 0 radical (unpaired) electrons. The molecule has 0 saturated carbocycles. The quantitative estimate of drug-likeness (QED) is 0.188. The summed E-state index contributed by atoms with van der Waals surface area (Å²) in [4.78, 5) is 23.8. The van der Waals surface area contributed by atoms with Crippen LogP contribution in [0.4, 0.5) is 0 Å². The number of rotatable bonds is 13. The molecule has 3 atom stereocenters. The minimum Gasteiger partial charge on any atom is -0.478 e. The van der Waals surface area contributed by atoms with E-state index in [0.29, 0.717) is 31.8 Å². The molecule has 1 aromatic rings. The number of furan rings is 1. The molecule has 1 unspecified atom stereocenters. The first-order chi connectivity index (χ1) is 16.9. The van der Waals surface area contributed by atoms with Crippen molar-refractivity contribution in [1.29, 1.82) is 0 Å². The van der Waals surface area contributed by atoms with Crippen molar-refractivity contribution in [3.63, 3.8) is 0 Å². The number of ether oxygens (including phenoxy) is 3. The summed E-state index contributed by atoms with van der Waals surface area (Å²) in [6, 6.07) is 1.44. The minimum atomic E-state index is -1.14. The monoisotopic (exact) mass is 508 g/mol. The third-order valence-electron chi connectivity index (χ3n) is 6.45. The van der Waals surface area contributed by atoms with Crippen LogP contribution >= 0.6 is 0 Å². The van der Waals surface area contributed by atoms with Gasteiger partial charge in [-0.05, 0) is 84.1 Å². The van der Waals surface area contributed by atoms with E-state index in [9.17, 15) is 19.8 Å². The zero-order valence-electron chi connectivity index (χ0n) is 22.7. The second-order valence-electron chi connectivity index (χ2n) is 11.0. The van der Waals surface area contributed by atoms with E-state index >= 15 is 0 Å². The molecule has 1 aliphatic heterocycles. The Bertz CT molecular complexity index is 871. The Morgan fingerprint density at radius 1 is 1.25 bits per heavy atom. The summed E-state index contributed by atoms with van der Waals surface area (Å²) in [6.45, 7) is 12.6. The van der Waals surface area contributed by atoms with Gasteiger partial charge in [-0.25, -0.2) is 4.79 Å². The van der Waals surface area contributed by atoms with E-state index in [2.05, 4.69) is 0 Å². The zero-order valence-corrected chi connectivity index (χ0v) is 22.7. The molecule has 1 fully saturated rings. The molecule has 1 aromatic heterocycles. The minimum absolute atomic E-state index is 0.0377. The first-order valence-corrected chi connectivity index (χ1v) is 13.0. The van der Waals surface area contributed by atoms with E-state index in [1.54, 1.807) is 0 Å². The van der Waals surface area contributed by atoms with Crippen molar-refractivity contribution in [3.8, 4) is 0 Å². The molecule has 204 valence electrons. The number of hydrogen-bond acceptors (Lipinski definition) is 7. The van der Waals surface area contributed by atoms with Gasteiger partial charge in [-0.1, -0.05) is 25.5 Å². The fraction of sp³-hybridized carbons (Fsp3) is 0.714. The Morgan fingerprint density at radius 2 is 1.97 bits per heavy atom. The summed E-state index contributed by atoms with van der Waals surface area (Å²) < 4.78 is 22.4. The van der Waals surface area contributed by atoms with Crippen molar-refractivity contribution in [1.82, 2.24) is 0 Å². The van der Waals surface area contributed by atoms with Crippen molar-refractivity contribution in [2.45, 2.75) is 99.1 Å². The smallest absolute Gasteiger partial charge is 0.339 e. The van der Waals surface area contributed by atoms with Crippen LogP contribution < -0.4 is 0 Å². The van der Waals surface area contributed by atoms with Gasteiger partial charge in [0.1, 0.15) is 29.8 Å². The molecule has 2 heterocycles. The number of carboxylic acids is 1. The van der Waals surface area contributed by atoms with Gasteiger partial charge in [0.2, 0.25) is 0 Å². The van der Waals surface area contributed by atoms with Crippen molar-refractivity contribution in [2.75, 3.05) is 13.2 Å². The summed E-state index contributed by atoms with van der Waals surface area (Å²) in [5.74, 6) is -1.04. The third-order valence-corrected chi connectivity index (χ3v) is 6.45. The van der Waals surface area contributed by atoms with Crippen LogP contribution in [0, 0.1) is 17.3 Å². The molecule has 2 N–H and O–H groups in total. The van der Waals surface area contributed by atoms with Gasteiger partial charge in [0.25, 0.3) is 0 Å². The topological polar surface area (TPSA) is 115 Å². The number of esters is 1. The number of aliphatic hydroxyl groups excluding tert-OH is 1. The van der Waals surface area contributed by atoms with Crippen LogP contribution in [0.15, 0.2) is 22.1 Å². The molecule has 0 aromatic carbocycles. The highest BCUT2D eigenvalue weighted by molar-refractivity contribution is 5.89. The summed E-state index contributed by atoms with van der Waals surface area (Å²) >= 11 is 0. The number of carboxylic acid groups (broad SMARTS) is 1. The Balaban J connectivity index is 1.98. The van der Waals surface area contributed by atoms with Crippen LogP contribution in [0.5, 0.6) is 0 Å². The maximum Gasteiger partial charge on any atom is 0.339 e. The van der Waals surface area contributed by atoms with E-state index < -0.39 is 17.5 Å². The lowest BCUT2D eigenvalue weighted by Crippen LogP contribution is -2.23. The van der Waals surface area contributed by atoms with Crippen LogP contribution in [0.3, 0.4) is 0 Å². The number of allylic oxidation sites excluding steroid dienone is 1. The Morgan fingerprint density at radius 3 is 2.56 bits per heavy atom. The lowest BCUT2D eigenvalue weighted by atomic mass is 9.83. The maximum atomic E-state index is 11.9. The van der Waals surface area contributed by atoms with Gasteiger partial charge in [-0.15, -0.1) is 0 Å². The van der Waals surface area contributed by atoms with Crippen molar-refractivity contribution < 1.29 is 38.4 Å². The summed E-state index contributed by atoms with van der Waals surface area (Å²) in [5, 5.41) is 20.9. The number of hydrogen-bond donors (Lipinski definition) is 2. The van der Waals surface area contributed by atoms with Crippen molar-refractivity contribution in [3.05, 3.63) is 34.8 Å². The molecule has 1 aliphatic rings. The molecule has 36 heavy (non-hydrogen) atoms. The normalized spacial score (nSPS) is 18.8. The number of carbonyl (C=O) groups excluding carboxylic acids is 1. The summed E-state index contributed by atoms with van der Waals surface area (Å²) in [6.07, 6.45) is 5.50. The molecule has 0 aliphatic carbocycles. The average Bonchev–Trinajstić information content (AvgIpc) is 3.25. The summed E-state index contributed by atoms with van der Waals surface area (Å²) in [7, 11) is 0. The van der Waals surface area contributed by atoms with Gasteiger partial charge in [-0.2, -0.15) is 0 Å². The zero-order chi connectivity index (χ0) is 26.9. The van der Waals surface area contributed by atoms with Gasteiger partial charge in [-0.3, -0.25) is 4.79 Å². The molecule has 0 spiro atoms. The van der Waals surface area contributed by atoms with Crippen LogP contribution in [0.1, 0.15) is 108 Å². The molecule has 2 rings (SSSR count). The molecular formula is C28H44O8. The first kappa shape index (κ1) is 30.1. The van der Waals surface area contributed by atoms with Gasteiger partial charge in [0.15, 0.2) is 6.29 Å². The number of aliphatic hydroxyl groups is 1. The van der Waals surface area contributed by atoms with E-state index in [4.69, 9.17) is 18.6 Å². The van der Waals surface area contributed by atoms with Crippen molar-refractivity contribution in [2.24, 2.45) is 17.3 Å². The van der Waals surface area contributed by atoms with Crippen LogP contribution in [-0.2, 0) is 25.6 Å². The molecule has 8 heteroatoms. The van der Waals surface area contributed by atoms with Crippen molar-refractivity contribution >= 4 is 11.9 Å². The maximum absolute atomic E-state index is 11.9. The van der Waals surface area contributed by atoms with Crippen LogP contribution in [-0.4, -0.2) is 41.7 Å². The van der Waals surface area contributed by atoms with E-state index in [1.165, 1.54) is 6.07 Å². The predicted octanol–water partition coefficient (Wildman–Crippen LogP) is 6.03. The fourth-order valence-electron chi connectivity index (χ4n) is 4.15. The highest BCUT2D eigenvalue weighted by Gasteiger charge is 2.31. The number of aromatic carboxylic acids is 1. The van der Waals surface area contributed by atoms with Gasteiger partial charge in [0, 0.05) is 6.61 Å². The Labute approximate surface area is 215 Å².